The minimum absolute atomic E-state index is 0.0368. The molecule has 1 fully saturated rings. The third-order valence-corrected chi connectivity index (χ3v) is 10.4. The fraction of sp³-hybridized carbons (Fsp3) is 0.268. The average Bonchev–Trinajstić information content (AvgIpc) is 3.15. The van der Waals surface area contributed by atoms with Crippen LogP contribution in [0.15, 0.2) is 103 Å². The number of hydrogen-bond acceptors (Lipinski definition) is 6. The van der Waals surface area contributed by atoms with E-state index in [1.807, 2.05) is 108 Å². The second-order valence-corrected chi connectivity index (χ2v) is 14.5. The fourth-order valence-electron chi connectivity index (χ4n) is 6.65. The van der Waals surface area contributed by atoms with Gasteiger partial charge in [-0.05, 0) is 98.9 Å². The Morgan fingerprint density at radius 3 is 1.63 bits per heavy atom. The molecule has 2 unspecified atom stereocenters. The Hall–Kier alpha value is -5.01. The van der Waals surface area contributed by atoms with Gasteiger partial charge in [0, 0.05) is 25.2 Å². The predicted octanol–water partition coefficient (Wildman–Crippen LogP) is 4.87. The van der Waals surface area contributed by atoms with Crippen molar-refractivity contribution in [1.82, 2.24) is 21.3 Å². The first-order valence-corrected chi connectivity index (χ1v) is 18.5. The summed E-state index contributed by atoms with van der Waals surface area (Å²) in [5, 5.41) is 35.9. The average molecular weight is 813 g/mol. The van der Waals surface area contributed by atoms with Gasteiger partial charge in [0.25, 0.3) is 0 Å². The van der Waals surface area contributed by atoms with Crippen LogP contribution < -0.4 is 21.3 Å². The van der Waals surface area contributed by atoms with Gasteiger partial charge in [0.2, 0.25) is 17.7 Å². The van der Waals surface area contributed by atoms with Crippen LogP contribution in [0, 0.1) is 9.49 Å². The second-order valence-electron chi connectivity index (χ2n) is 13.3. The first-order chi connectivity index (χ1) is 25.1. The van der Waals surface area contributed by atoms with Crippen LogP contribution in [-0.4, -0.2) is 65.1 Å². The van der Waals surface area contributed by atoms with Gasteiger partial charge in [-0.1, -0.05) is 91.0 Å². The van der Waals surface area contributed by atoms with Gasteiger partial charge in [-0.2, -0.15) is 0 Å². The molecular weight excluding hydrogens is 771 g/mol. The van der Waals surface area contributed by atoms with Crippen molar-refractivity contribution in [3.05, 3.63) is 123 Å². The molecule has 0 saturated carbocycles. The van der Waals surface area contributed by atoms with Crippen molar-refractivity contribution < 1.29 is 29.4 Å². The lowest BCUT2D eigenvalue weighted by atomic mass is 9.95. The largest absolute Gasteiger partial charge is 0.507 e. The van der Waals surface area contributed by atoms with Crippen molar-refractivity contribution in [2.24, 2.45) is 5.92 Å². The number of carbonyl (C=O) groups excluding carboxylic acids is 3. The number of piperidine rings is 1. The molecule has 1 heterocycles. The van der Waals surface area contributed by atoms with Crippen molar-refractivity contribution >= 4 is 67.8 Å². The summed E-state index contributed by atoms with van der Waals surface area (Å²) in [6.45, 7) is 1.42. The van der Waals surface area contributed by atoms with Crippen LogP contribution in [0.2, 0.25) is 0 Å². The Balaban J connectivity index is 1.28. The Morgan fingerprint density at radius 2 is 1.10 bits per heavy atom. The minimum Gasteiger partial charge on any atom is -0.507 e. The zero-order valence-electron chi connectivity index (χ0n) is 28.5. The number of carboxylic acid groups (broad SMARTS) is 1. The number of benzene rings is 5. The summed E-state index contributed by atoms with van der Waals surface area (Å²) in [6, 6.07) is 28.6. The van der Waals surface area contributed by atoms with E-state index in [0.717, 1.165) is 32.7 Å². The number of fused-ring (bicyclic) bond motifs is 2. The third kappa shape index (κ3) is 9.45. The van der Waals surface area contributed by atoms with E-state index in [4.69, 9.17) is 0 Å². The van der Waals surface area contributed by atoms with E-state index in [0.29, 0.717) is 35.1 Å². The number of nitrogens with one attached hydrogen (secondary N) is 4. The first kappa shape index (κ1) is 36.8. The van der Waals surface area contributed by atoms with Crippen LogP contribution in [0.4, 0.5) is 0 Å². The van der Waals surface area contributed by atoms with E-state index >= 15 is 0 Å². The second kappa shape index (κ2) is 17.0. The van der Waals surface area contributed by atoms with E-state index in [1.165, 1.54) is 6.07 Å². The van der Waals surface area contributed by atoms with Crippen LogP contribution in [0.3, 0.4) is 0 Å². The number of phenolic OH excluding ortho intramolecular Hbond substituents is 1. The number of phenols is 1. The Morgan fingerprint density at radius 1 is 0.635 bits per heavy atom. The van der Waals surface area contributed by atoms with Crippen LogP contribution in [-0.2, 0) is 38.4 Å². The highest BCUT2D eigenvalue weighted by Gasteiger charge is 2.32. The summed E-state index contributed by atoms with van der Waals surface area (Å²) in [5.41, 5.74) is 2.22. The maximum atomic E-state index is 14.3. The summed E-state index contributed by atoms with van der Waals surface area (Å²) >= 11 is 1.96. The van der Waals surface area contributed by atoms with Gasteiger partial charge in [0.05, 0.1) is 3.57 Å². The topological polar surface area (TPSA) is 157 Å². The molecule has 6 N–H and O–H groups in total. The van der Waals surface area contributed by atoms with Crippen molar-refractivity contribution in [2.45, 2.75) is 50.2 Å². The van der Waals surface area contributed by atoms with Gasteiger partial charge in [0.15, 0.2) is 0 Å². The maximum Gasteiger partial charge on any atom is 0.326 e. The molecule has 11 heteroatoms. The van der Waals surface area contributed by atoms with Crippen LogP contribution in [0.5, 0.6) is 5.75 Å². The zero-order chi connectivity index (χ0) is 36.6. The van der Waals surface area contributed by atoms with Gasteiger partial charge in [-0.3, -0.25) is 14.4 Å². The molecule has 1 aliphatic rings. The highest BCUT2D eigenvalue weighted by Crippen LogP contribution is 2.22. The van der Waals surface area contributed by atoms with E-state index in [1.54, 1.807) is 12.1 Å². The van der Waals surface area contributed by atoms with E-state index in [-0.39, 0.29) is 36.8 Å². The summed E-state index contributed by atoms with van der Waals surface area (Å²) in [4.78, 5) is 54.2. The van der Waals surface area contributed by atoms with E-state index in [2.05, 4.69) is 21.3 Å². The standard InChI is InChI=1S/C41H41IN4O6/c42-33-21-27(11-14-37(33)47)24-36(41(51)52)46-40(50)35(23-26-10-13-29-6-2-4-8-32(29)20-26)45-39(49)34(44-38(48)30-15-17-43-18-16-30)22-25-9-12-28-5-1-3-7-31(28)19-25/h1-14,19-21,30,34-36,43,47H,15-18,22-24H2,(H,44,48)(H,45,49)(H,46,50)(H,51,52)/t34-,35?,36?/m1/s1. The molecule has 6 rings (SSSR count). The molecule has 0 bridgehead atoms. The van der Waals surface area contributed by atoms with E-state index < -0.39 is 35.9 Å². The third-order valence-electron chi connectivity index (χ3n) is 9.55. The van der Waals surface area contributed by atoms with Crippen molar-refractivity contribution in [3.8, 4) is 5.75 Å². The number of aliphatic carboxylic acids is 1. The van der Waals surface area contributed by atoms with Crippen molar-refractivity contribution in [2.75, 3.05) is 13.1 Å². The number of carboxylic acids is 1. The normalized spacial score (nSPS) is 15.0. The van der Waals surface area contributed by atoms with Gasteiger partial charge < -0.3 is 31.5 Å². The molecule has 1 saturated heterocycles. The Kier molecular flexibility index (Phi) is 12.0. The monoisotopic (exact) mass is 812 g/mol. The fourth-order valence-corrected chi connectivity index (χ4v) is 7.23. The van der Waals surface area contributed by atoms with Crippen LogP contribution in [0.25, 0.3) is 21.5 Å². The van der Waals surface area contributed by atoms with Gasteiger partial charge in [0.1, 0.15) is 23.9 Å². The van der Waals surface area contributed by atoms with E-state index in [9.17, 15) is 29.4 Å². The molecule has 1 aliphatic heterocycles. The maximum absolute atomic E-state index is 14.3. The van der Waals surface area contributed by atoms with Crippen LogP contribution in [0.1, 0.15) is 29.5 Å². The summed E-state index contributed by atoms with van der Waals surface area (Å²) in [5.74, 6) is -2.84. The summed E-state index contributed by atoms with van der Waals surface area (Å²) in [6.07, 6.45) is 1.54. The SMILES string of the molecule is O=C(N[C@H](Cc1ccc2ccccc2c1)C(=O)NC(Cc1ccc2ccccc2c1)C(=O)NC(Cc1ccc(O)c(I)c1)C(=O)O)C1CCNCC1. The van der Waals surface area contributed by atoms with Crippen LogP contribution >= 0.6 is 22.6 Å². The highest BCUT2D eigenvalue weighted by atomic mass is 127. The predicted molar refractivity (Wildman–Crippen MR) is 209 cm³/mol. The summed E-state index contributed by atoms with van der Waals surface area (Å²) in [7, 11) is 0. The number of amides is 3. The molecule has 3 amide bonds. The smallest absolute Gasteiger partial charge is 0.326 e. The van der Waals surface area contributed by atoms with Crippen molar-refractivity contribution in [3.63, 3.8) is 0 Å². The molecule has 3 atom stereocenters. The molecule has 0 radical (unpaired) electrons. The highest BCUT2D eigenvalue weighted by molar-refractivity contribution is 14.1. The molecular formula is C41H41IN4O6. The molecule has 0 aromatic heterocycles. The molecule has 10 nitrogen and oxygen atoms in total. The molecule has 52 heavy (non-hydrogen) atoms. The quantitative estimate of drug-likeness (QED) is 0.0928. The first-order valence-electron chi connectivity index (χ1n) is 17.4. The number of carbonyl (C=O) groups is 4. The lowest BCUT2D eigenvalue weighted by molar-refractivity contribution is -0.142. The molecule has 0 aliphatic carbocycles. The lowest BCUT2D eigenvalue weighted by Gasteiger charge is -2.27. The Labute approximate surface area is 315 Å². The molecule has 5 aromatic rings. The molecule has 5 aromatic carbocycles. The van der Waals surface area contributed by atoms with Gasteiger partial charge in [-0.25, -0.2) is 4.79 Å². The number of rotatable bonds is 13. The van der Waals surface area contributed by atoms with Gasteiger partial charge >= 0.3 is 5.97 Å². The molecule has 0 spiro atoms. The summed E-state index contributed by atoms with van der Waals surface area (Å²) < 4.78 is 0.552. The number of aromatic hydroxyl groups is 1. The lowest BCUT2D eigenvalue weighted by Crippen LogP contribution is -2.57. The number of hydrogen-bond donors (Lipinski definition) is 6. The van der Waals surface area contributed by atoms with Gasteiger partial charge in [-0.15, -0.1) is 0 Å². The zero-order valence-corrected chi connectivity index (χ0v) is 30.6. The molecule has 268 valence electrons. The Bertz CT molecular complexity index is 2100. The van der Waals surface area contributed by atoms with Crippen molar-refractivity contribution in [1.29, 1.82) is 0 Å². The number of halogens is 1. The minimum atomic E-state index is -1.31.